The largest absolute Gasteiger partial charge is 0.507 e. The molecule has 1 saturated heterocycles. The first-order valence-electron chi connectivity index (χ1n) is 13.4. The van der Waals surface area contributed by atoms with Crippen molar-refractivity contribution in [1.29, 1.82) is 0 Å². The average molecular weight is 553 g/mol. The number of Topliss-reactive ketones (excluding diaryl/α,β-unsaturated/α-hetero) is 1. The highest BCUT2D eigenvalue weighted by molar-refractivity contribution is 6.30. The molecule has 3 aromatic rings. The zero-order valence-electron chi connectivity index (χ0n) is 22.2. The van der Waals surface area contributed by atoms with Crippen molar-refractivity contribution in [3.8, 4) is 17.2 Å². The van der Waals surface area contributed by atoms with E-state index in [1.807, 2.05) is 0 Å². The predicted octanol–water partition coefficient (Wildman–Crippen LogP) is 3.71. The first-order valence-corrected chi connectivity index (χ1v) is 13.4. The van der Waals surface area contributed by atoms with Crippen LogP contribution in [0.5, 0.6) is 17.2 Å². The first kappa shape index (κ1) is 24.3. The number of aromatic hydroxyl groups is 2. The standard InChI is InChI=1S/C32H24O9/c1-12-9-15-21(19(34)10-12)26(37)22-14(25(15)36)7-8-17-28(22)41-32-16-5-4-6-18(33)23(16)27(38)24-20(35)11-30(3,39)29(13(2)40-32)31(17,24)32/h4-10,13,29,33-34,38-39H,11H2,1-3H3. The number of ketones is 3. The number of hydrogen-bond acceptors (Lipinski definition) is 9. The third kappa shape index (κ3) is 2.42. The van der Waals surface area contributed by atoms with Gasteiger partial charge in [-0.1, -0.05) is 18.2 Å². The molecule has 0 amide bonds. The maximum Gasteiger partial charge on any atom is 0.253 e. The minimum absolute atomic E-state index is 0.0321. The summed E-state index contributed by atoms with van der Waals surface area (Å²) in [4.78, 5) is 41.6. The minimum Gasteiger partial charge on any atom is -0.507 e. The van der Waals surface area contributed by atoms with E-state index >= 15 is 0 Å². The summed E-state index contributed by atoms with van der Waals surface area (Å²) in [5, 5.41) is 45.0. The Bertz CT molecular complexity index is 1880. The number of aliphatic hydroxyl groups excluding tert-OH is 1. The van der Waals surface area contributed by atoms with Gasteiger partial charge in [-0.3, -0.25) is 14.4 Å². The van der Waals surface area contributed by atoms with Gasteiger partial charge in [-0.15, -0.1) is 0 Å². The second-order valence-corrected chi connectivity index (χ2v) is 11.9. The molecule has 0 bridgehead atoms. The molecule has 5 aliphatic rings. The van der Waals surface area contributed by atoms with Crippen molar-refractivity contribution in [2.45, 2.75) is 50.1 Å². The summed E-state index contributed by atoms with van der Waals surface area (Å²) in [7, 11) is 0. The second-order valence-electron chi connectivity index (χ2n) is 11.9. The topological polar surface area (TPSA) is 151 Å². The van der Waals surface area contributed by atoms with Crippen molar-refractivity contribution < 1.29 is 44.3 Å². The van der Waals surface area contributed by atoms with Crippen LogP contribution in [0, 0.1) is 12.8 Å². The van der Waals surface area contributed by atoms with Crippen LogP contribution in [0.3, 0.4) is 0 Å². The Kier molecular flexibility index (Phi) is 4.18. The van der Waals surface area contributed by atoms with Crippen LogP contribution >= 0.6 is 0 Å². The van der Waals surface area contributed by atoms with E-state index in [0.29, 0.717) is 11.1 Å². The number of fused-ring (bicyclic) bond motifs is 5. The molecular weight excluding hydrogens is 528 g/mol. The van der Waals surface area contributed by atoms with E-state index in [2.05, 4.69) is 0 Å². The Labute approximate surface area is 233 Å². The SMILES string of the molecule is Cc1cc(O)c2c(c1)C(=O)c1ccc3c(c1C2=O)OC12OC(C)C4C(C)(O)CC(=O)C(=C(O)c5c(O)cccc51)C342. The van der Waals surface area contributed by atoms with Crippen LogP contribution in [0.25, 0.3) is 5.76 Å². The quantitative estimate of drug-likeness (QED) is 0.256. The van der Waals surface area contributed by atoms with Crippen LogP contribution in [0.4, 0.5) is 0 Å². The molecule has 206 valence electrons. The molecule has 8 rings (SSSR count). The van der Waals surface area contributed by atoms with Gasteiger partial charge in [0.2, 0.25) is 5.78 Å². The molecule has 4 N–H and O–H groups in total. The van der Waals surface area contributed by atoms with Crippen molar-refractivity contribution in [1.82, 2.24) is 0 Å². The highest BCUT2D eigenvalue weighted by Gasteiger charge is 2.81. The summed E-state index contributed by atoms with van der Waals surface area (Å²) in [5.41, 5.74) is -2.36. The highest BCUT2D eigenvalue weighted by Crippen LogP contribution is 2.74. The van der Waals surface area contributed by atoms with Gasteiger partial charge in [0.1, 0.15) is 28.4 Å². The predicted molar refractivity (Wildman–Crippen MR) is 142 cm³/mol. The van der Waals surface area contributed by atoms with E-state index < -0.39 is 51.9 Å². The number of aliphatic hydroxyl groups is 2. The van der Waals surface area contributed by atoms with Crippen LogP contribution in [-0.2, 0) is 20.7 Å². The molecule has 3 aliphatic carbocycles. The van der Waals surface area contributed by atoms with Gasteiger partial charge in [-0.25, -0.2) is 0 Å². The van der Waals surface area contributed by atoms with Crippen LogP contribution in [0.1, 0.15) is 74.4 Å². The monoisotopic (exact) mass is 552 g/mol. The van der Waals surface area contributed by atoms with Crippen molar-refractivity contribution in [3.05, 3.63) is 92.5 Å². The van der Waals surface area contributed by atoms with Gasteiger partial charge < -0.3 is 29.9 Å². The molecule has 0 aromatic heterocycles. The number of ether oxygens (including phenoxy) is 2. The van der Waals surface area contributed by atoms with E-state index in [1.165, 1.54) is 25.1 Å². The smallest absolute Gasteiger partial charge is 0.253 e. The van der Waals surface area contributed by atoms with Gasteiger partial charge in [-0.2, -0.15) is 0 Å². The lowest BCUT2D eigenvalue weighted by atomic mass is 9.49. The van der Waals surface area contributed by atoms with Gasteiger partial charge in [0, 0.05) is 34.6 Å². The molecule has 9 heteroatoms. The van der Waals surface area contributed by atoms with Gasteiger partial charge >= 0.3 is 0 Å². The maximum absolute atomic E-state index is 14.1. The molecule has 9 nitrogen and oxygen atoms in total. The van der Waals surface area contributed by atoms with Gasteiger partial charge in [0.05, 0.1) is 34.0 Å². The number of hydrogen-bond donors (Lipinski definition) is 4. The summed E-state index contributed by atoms with van der Waals surface area (Å²) in [6.45, 7) is 4.98. The lowest BCUT2D eigenvalue weighted by Crippen LogP contribution is -2.62. The molecule has 5 unspecified atom stereocenters. The number of carbonyl (C=O) groups is 3. The number of phenols is 2. The molecule has 2 aliphatic heterocycles. The van der Waals surface area contributed by atoms with Crippen molar-refractivity contribution in [2.75, 3.05) is 0 Å². The van der Waals surface area contributed by atoms with E-state index in [1.54, 1.807) is 38.1 Å². The highest BCUT2D eigenvalue weighted by atomic mass is 16.7. The van der Waals surface area contributed by atoms with Gasteiger partial charge in [-0.05, 0) is 50.6 Å². The molecular formula is C32H24O9. The summed E-state index contributed by atoms with van der Waals surface area (Å²) < 4.78 is 13.3. The molecule has 2 heterocycles. The van der Waals surface area contributed by atoms with Crippen LogP contribution in [-0.4, -0.2) is 49.5 Å². The average Bonchev–Trinajstić information content (AvgIpc) is 3.31. The summed E-state index contributed by atoms with van der Waals surface area (Å²) in [6, 6.07) is 10.5. The van der Waals surface area contributed by atoms with Crippen LogP contribution < -0.4 is 4.74 Å². The van der Waals surface area contributed by atoms with Crippen molar-refractivity contribution in [2.24, 2.45) is 5.92 Å². The molecule has 41 heavy (non-hydrogen) atoms. The molecule has 0 radical (unpaired) electrons. The maximum atomic E-state index is 14.1. The van der Waals surface area contributed by atoms with Gasteiger partial charge in [0.15, 0.2) is 11.6 Å². The molecule has 2 fully saturated rings. The van der Waals surface area contributed by atoms with E-state index in [-0.39, 0.29) is 62.6 Å². The number of benzene rings is 3. The number of phenolic OH excluding ortho intramolecular Hbond substituents is 2. The Morgan fingerprint density at radius 2 is 1.63 bits per heavy atom. The summed E-state index contributed by atoms with van der Waals surface area (Å²) in [6.07, 6.45) is -1.02. The zero-order chi connectivity index (χ0) is 29.0. The van der Waals surface area contributed by atoms with Crippen molar-refractivity contribution in [3.63, 3.8) is 0 Å². The Hall–Kier alpha value is -4.47. The first-order chi connectivity index (χ1) is 19.4. The van der Waals surface area contributed by atoms with E-state index in [4.69, 9.17) is 9.47 Å². The number of rotatable bonds is 0. The summed E-state index contributed by atoms with van der Waals surface area (Å²) >= 11 is 0. The summed E-state index contributed by atoms with van der Waals surface area (Å²) in [5.74, 6) is -5.52. The van der Waals surface area contributed by atoms with E-state index in [9.17, 15) is 34.8 Å². The second kappa shape index (κ2) is 7.05. The fourth-order valence-corrected chi connectivity index (χ4v) is 8.45. The normalized spacial score (nSPS) is 32.0. The number of aryl methyl sites for hydroxylation is 1. The third-order valence-electron chi connectivity index (χ3n) is 9.57. The minimum atomic E-state index is -1.87. The van der Waals surface area contributed by atoms with Crippen LogP contribution in [0.15, 0.2) is 48.0 Å². The Balaban J connectivity index is 1.52. The number of carbonyl (C=O) groups excluding carboxylic acids is 3. The molecule has 5 atom stereocenters. The van der Waals surface area contributed by atoms with E-state index in [0.717, 1.165) is 0 Å². The fraction of sp³-hybridized carbons (Fsp3) is 0.281. The van der Waals surface area contributed by atoms with Crippen molar-refractivity contribution >= 4 is 23.1 Å². The van der Waals surface area contributed by atoms with Crippen LogP contribution in [0.2, 0.25) is 0 Å². The lowest BCUT2D eigenvalue weighted by molar-refractivity contribution is -0.190. The lowest BCUT2D eigenvalue weighted by Gasteiger charge is -2.52. The molecule has 1 spiro atoms. The zero-order valence-corrected chi connectivity index (χ0v) is 22.2. The Morgan fingerprint density at radius 1 is 0.878 bits per heavy atom. The molecule has 1 saturated carbocycles. The fourth-order valence-electron chi connectivity index (χ4n) is 8.45. The Morgan fingerprint density at radius 3 is 2.39 bits per heavy atom. The molecule has 3 aromatic carbocycles. The third-order valence-corrected chi connectivity index (χ3v) is 9.57. The van der Waals surface area contributed by atoms with Gasteiger partial charge in [0.25, 0.3) is 5.79 Å².